The van der Waals surface area contributed by atoms with E-state index in [1.165, 1.54) is 38.9 Å². The summed E-state index contributed by atoms with van der Waals surface area (Å²) >= 11 is 0. The zero-order valence-corrected chi connectivity index (χ0v) is 14.0. The fourth-order valence-electron chi connectivity index (χ4n) is 4.83. The first-order valence-corrected chi connectivity index (χ1v) is 9.27. The van der Waals surface area contributed by atoms with E-state index >= 15 is 0 Å². The number of hydrogen-bond acceptors (Lipinski definition) is 2. The van der Waals surface area contributed by atoms with E-state index in [1.54, 1.807) is 0 Å². The molecule has 0 aromatic carbocycles. The van der Waals surface area contributed by atoms with Crippen LogP contribution >= 0.6 is 0 Å². The van der Waals surface area contributed by atoms with E-state index < -0.39 is 0 Å². The molecule has 4 nitrogen and oxygen atoms in total. The lowest BCUT2D eigenvalue weighted by Crippen LogP contribution is -2.60. The Kier molecular flexibility index (Phi) is 4.86. The Balaban J connectivity index is 1.49. The minimum Gasteiger partial charge on any atom is -0.356 e. The lowest BCUT2D eigenvalue weighted by atomic mass is 9.78. The Bertz CT molecular complexity index is 405. The van der Waals surface area contributed by atoms with Crippen molar-refractivity contribution < 1.29 is 14.1 Å². The van der Waals surface area contributed by atoms with Crippen LogP contribution in [0, 0.1) is 17.8 Å². The molecule has 22 heavy (non-hydrogen) atoms. The zero-order valence-electron chi connectivity index (χ0n) is 14.0. The fraction of sp³-hybridized carbons (Fsp3) is 0.889. The van der Waals surface area contributed by atoms with Crippen molar-refractivity contribution in [3.63, 3.8) is 0 Å². The monoisotopic (exact) mass is 307 g/mol. The summed E-state index contributed by atoms with van der Waals surface area (Å²) in [6.45, 7) is 7.12. The van der Waals surface area contributed by atoms with Crippen molar-refractivity contribution >= 4 is 11.7 Å². The summed E-state index contributed by atoms with van der Waals surface area (Å²) in [6.07, 6.45) is 7.62. The van der Waals surface area contributed by atoms with Crippen molar-refractivity contribution in [2.75, 3.05) is 32.7 Å². The smallest absolute Gasteiger partial charge is 0.223 e. The molecular weight excluding hydrogens is 276 g/mol. The molecular formula is C18H31N2O2+. The number of rotatable bonds is 5. The maximum Gasteiger partial charge on any atom is 0.223 e. The fourth-order valence-corrected chi connectivity index (χ4v) is 4.83. The van der Waals surface area contributed by atoms with E-state index in [9.17, 15) is 9.59 Å². The Hall–Kier alpha value is -0.900. The summed E-state index contributed by atoms with van der Waals surface area (Å²) in [5, 5.41) is 2.92. The van der Waals surface area contributed by atoms with Gasteiger partial charge in [0, 0.05) is 18.4 Å². The van der Waals surface area contributed by atoms with E-state index in [0.29, 0.717) is 12.3 Å². The SMILES string of the molecule is CCNC(=O)C1CCC(C(=O)C[N+]23CCC(CC2)CC3)CC1. The zero-order chi connectivity index (χ0) is 15.6. The molecule has 124 valence electrons. The second-order valence-corrected chi connectivity index (χ2v) is 7.81. The third-order valence-corrected chi connectivity index (χ3v) is 6.43. The second kappa shape index (κ2) is 6.69. The van der Waals surface area contributed by atoms with Crippen LogP contribution in [0.25, 0.3) is 0 Å². The van der Waals surface area contributed by atoms with Gasteiger partial charge in [0.2, 0.25) is 5.91 Å². The van der Waals surface area contributed by atoms with Gasteiger partial charge in [-0.25, -0.2) is 0 Å². The van der Waals surface area contributed by atoms with Gasteiger partial charge in [0.1, 0.15) is 6.54 Å². The maximum atomic E-state index is 12.7. The van der Waals surface area contributed by atoms with Gasteiger partial charge in [0.05, 0.1) is 19.6 Å². The average Bonchev–Trinajstić information content (AvgIpc) is 2.56. The molecule has 4 aliphatic rings. The molecule has 0 aromatic rings. The van der Waals surface area contributed by atoms with E-state index in [1.807, 2.05) is 6.92 Å². The standard InChI is InChI=1S/C18H30N2O2/c1-2-19-18(22)16-5-3-15(4-6-16)17(21)13-20-10-7-14(8-11-20)9-12-20/h14-16H,2-13H2,1H3/p+1. The molecule has 0 radical (unpaired) electrons. The molecule has 3 saturated heterocycles. The third kappa shape index (κ3) is 3.37. The van der Waals surface area contributed by atoms with Crippen LogP contribution < -0.4 is 5.32 Å². The number of fused-ring (bicyclic) bond motifs is 3. The first-order valence-electron chi connectivity index (χ1n) is 9.27. The van der Waals surface area contributed by atoms with Crippen LogP contribution in [0.5, 0.6) is 0 Å². The Labute approximate surface area is 134 Å². The van der Waals surface area contributed by atoms with Gasteiger partial charge in [0.15, 0.2) is 5.78 Å². The highest BCUT2D eigenvalue weighted by molar-refractivity contribution is 5.83. The highest BCUT2D eigenvalue weighted by Crippen LogP contribution is 2.35. The minimum atomic E-state index is 0.141. The number of hydrogen-bond donors (Lipinski definition) is 1. The molecule has 3 heterocycles. The van der Waals surface area contributed by atoms with Crippen molar-refractivity contribution in [2.45, 2.75) is 51.9 Å². The number of quaternary nitrogens is 1. The van der Waals surface area contributed by atoms with Gasteiger partial charge < -0.3 is 9.80 Å². The highest BCUT2D eigenvalue weighted by atomic mass is 16.2. The van der Waals surface area contributed by atoms with Crippen molar-refractivity contribution in [1.29, 1.82) is 0 Å². The number of ketones is 1. The first kappa shape index (κ1) is 16.0. The molecule has 0 atom stereocenters. The van der Waals surface area contributed by atoms with Gasteiger partial charge in [-0.2, -0.15) is 0 Å². The van der Waals surface area contributed by atoms with Crippen LogP contribution in [0.1, 0.15) is 51.9 Å². The average molecular weight is 307 g/mol. The third-order valence-electron chi connectivity index (χ3n) is 6.43. The lowest BCUT2D eigenvalue weighted by Gasteiger charge is -2.49. The van der Waals surface area contributed by atoms with E-state index in [4.69, 9.17) is 0 Å². The van der Waals surface area contributed by atoms with Crippen LogP contribution in [-0.2, 0) is 9.59 Å². The summed E-state index contributed by atoms with van der Waals surface area (Å²) in [5.41, 5.74) is 0. The summed E-state index contributed by atoms with van der Waals surface area (Å²) < 4.78 is 1.07. The first-order chi connectivity index (χ1) is 10.6. The number of nitrogens with one attached hydrogen (secondary N) is 1. The molecule has 3 aliphatic heterocycles. The normalized spacial score (nSPS) is 37.8. The molecule has 0 spiro atoms. The highest BCUT2D eigenvalue weighted by Gasteiger charge is 2.42. The molecule has 1 amide bonds. The van der Waals surface area contributed by atoms with E-state index in [-0.39, 0.29) is 17.7 Å². The van der Waals surface area contributed by atoms with Gasteiger partial charge in [-0.05, 0) is 57.8 Å². The molecule has 0 aromatic heterocycles. The van der Waals surface area contributed by atoms with Crippen LogP contribution in [0.2, 0.25) is 0 Å². The van der Waals surface area contributed by atoms with E-state index in [2.05, 4.69) is 5.32 Å². The Morgan fingerprint density at radius 1 is 0.909 bits per heavy atom. The molecule has 0 unspecified atom stereocenters. The summed E-state index contributed by atoms with van der Waals surface area (Å²) in [6, 6.07) is 0. The maximum absolute atomic E-state index is 12.7. The van der Waals surface area contributed by atoms with Gasteiger partial charge in [-0.15, -0.1) is 0 Å². The van der Waals surface area contributed by atoms with Crippen LogP contribution in [0.3, 0.4) is 0 Å². The molecule has 4 rings (SSSR count). The molecule has 4 fully saturated rings. The van der Waals surface area contributed by atoms with Crippen molar-refractivity contribution in [1.82, 2.24) is 5.32 Å². The minimum absolute atomic E-state index is 0.141. The topological polar surface area (TPSA) is 46.2 Å². The molecule has 1 saturated carbocycles. The summed E-state index contributed by atoms with van der Waals surface area (Å²) in [7, 11) is 0. The van der Waals surface area contributed by atoms with Gasteiger partial charge in [0.25, 0.3) is 0 Å². The number of carbonyl (C=O) groups excluding carboxylic acids is 2. The lowest BCUT2D eigenvalue weighted by molar-refractivity contribution is -0.935. The number of piperidine rings is 3. The second-order valence-electron chi connectivity index (χ2n) is 7.81. The van der Waals surface area contributed by atoms with Crippen molar-refractivity contribution in [2.24, 2.45) is 17.8 Å². The van der Waals surface area contributed by atoms with Crippen LogP contribution in [0.4, 0.5) is 0 Å². The quantitative estimate of drug-likeness (QED) is 0.791. The van der Waals surface area contributed by atoms with Gasteiger partial charge >= 0.3 is 0 Å². The molecule has 1 N–H and O–H groups in total. The Morgan fingerprint density at radius 2 is 1.45 bits per heavy atom. The van der Waals surface area contributed by atoms with Crippen LogP contribution in [0.15, 0.2) is 0 Å². The molecule has 4 heteroatoms. The number of amides is 1. The van der Waals surface area contributed by atoms with Crippen molar-refractivity contribution in [3.8, 4) is 0 Å². The van der Waals surface area contributed by atoms with Crippen LogP contribution in [-0.4, -0.2) is 48.9 Å². The van der Waals surface area contributed by atoms with Crippen molar-refractivity contribution in [3.05, 3.63) is 0 Å². The molecule has 1 aliphatic carbocycles. The van der Waals surface area contributed by atoms with E-state index in [0.717, 1.165) is 42.6 Å². The summed E-state index contributed by atoms with van der Waals surface area (Å²) in [4.78, 5) is 24.6. The summed E-state index contributed by atoms with van der Waals surface area (Å²) in [5.74, 6) is 1.98. The predicted molar refractivity (Wildman–Crippen MR) is 86.2 cm³/mol. The molecule has 2 bridgehead atoms. The number of carbonyl (C=O) groups is 2. The predicted octanol–water partition coefficient (Wildman–Crippen LogP) is 2.13. The Morgan fingerprint density at radius 3 is 2.00 bits per heavy atom. The van der Waals surface area contributed by atoms with Gasteiger partial charge in [-0.1, -0.05) is 0 Å². The van der Waals surface area contributed by atoms with Gasteiger partial charge in [-0.3, -0.25) is 9.59 Å². The largest absolute Gasteiger partial charge is 0.356 e. The number of Topliss-reactive ketones (excluding diaryl/α,β-unsaturated/α-hetero) is 1. The number of nitrogens with zero attached hydrogens (tertiary/aromatic N) is 1.